The third-order valence-corrected chi connectivity index (χ3v) is 2.80. The summed E-state index contributed by atoms with van der Waals surface area (Å²) in [5.41, 5.74) is 2.69. The van der Waals surface area contributed by atoms with Gasteiger partial charge < -0.3 is 5.32 Å². The van der Waals surface area contributed by atoms with Crippen molar-refractivity contribution in [3.63, 3.8) is 0 Å². The highest BCUT2D eigenvalue weighted by atomic mass is 19.4. The second kappa shape index (κ2) is 7.66. The monoisotopic (exact) mass is 301 g/mol. The molecule has 0 unspecified atom stereocenters. The van der Waals surface area contributed by atoms with Gasteiger partial charge in [0.2, 0.25) is 0 Å². The van der Waals surface area contributed by atoms with Gasteiger partial charge in [-0.25, -0.2) is 5.43 Å². The number of nitrogens with one attached hydrogen (secondary N) is 2. The van der Waals surface area contributed by atoms with Gasteiger partial charge in [-0.1, -0.05) is 19.9 Å². The third kappa shape index (κ3) is 5.85. The topological polar surface area (TPSA) is 53.5 Å². The van der Waals surface area contributed by atoms with Crippen molar-refractivity contribution in [3.05, 3.63) is 29.8 Å². The number of benzene rings is 1. The normalized spacial score (nSPS) is 10.9. The van der Waals surface area contributed by atoms with Gasteiger partial charge in [-0.05, 0) is 31.0 Å². The summed E-state index contributed by atoms with van der Waals surface area (Å²) in [5.74, 6) is -0.410. The molecule has 0 spiro atoms. The first-order valence-corrected chi connectivity index (χ1v) is 6.62. The number of nitrogens with zero attached hydrogens (tertiary/aromatic N) is 1. The van der Waals surface area contributed by atoms with Gasteiger partial charge in [0.15, 0.2) is 0 Å². The van der Waals surface area contributed by atoms with Gasteiger partial charge in [-0.2, -0.15) is 18.3 Å². The van der Waals surface area contributed by atoms with Crippen LogP contribution in [0.2, 0.25) is 0 Å². The number of carbonyl (C=O) groups excluding carboxylic acids is 1. The van der Waals surface area contributed by atoms with Gasteiger partial charge in [0.1, 0.15) is 0 Å². The summed E-state index contributed by atoms with van der Waals surface area (Å²) in [6.07, 6.45) is -2.93. The van der Waals surface area contributed by atoms with Crippen LogP contribution in [0.4, 0.5) is 18.9 Å². The van der Waals surface area contributed by atoms with E-state index in [4.69, 9.17) is 0 Å². The zero-order valence-electron chi connectivity index (χ0n) is 11.9. The molecule has 0 radical (unpaired) electrons. The average molecular weight is 301 g/mol. The summed E-state index contributed by atoms with van der Waals surface area (Å²) >= 11 is 0. The van der Waals surface area contributed by atoms with Gasteiger partial charge in [0.05, 0.1) is 12.1 Å². The third-order valence-electron chi connectivity index (χ3n) is 2.80. The Morgan fingerprint density at radius 2 is 1.90 bits per heavy atom. The Bertz CT molecular complexity index is 506. The second-order valence-electron chi connectivity index (χ2n) is 4.35. The Kier molecular flexibility index (Phi) is 6.20. The van der Waals surface area contributed by atoms with E-state index in [-0.39, 0.29) is 12.2 Å². The SMILES string of the molecule is CCC(CC)=NNC(=O)CNc1cccc(C(F)(F)F)c1. The fourth-order valence-electron chi connectivity index (χ4n) is 1.58. The summed E-state index contributed by atoms with van der Waals surface area (Å²) in [6.45, 7) is 3.70. The molecule has 4 nitrogen and oxygen atoms in total. The van der Waals surface area contributed by atoms with Crippen molar-refractivity contribution < 1.29 is 18.0 Å². The van der Waals surface area contributed by atoms with Gasteiger partial charge in [0.25, 0.3) is 5.91 Å². The molecule has 0 bridgehead atoms. The first-order valence-electron chi connectivity index (χ1n) is 6.62. The van der Waals surface area contributed by atoms with Crippen molar-refractivity contribution in [1.29, 1.82) is 0 Å². The quantitative estimate of drug-likeness (QED) is 0.625. The summed E-state index contributed by atoms with van der Waals surface area (Å²) < 4.78 is 37.6. The van der Waals surface area contributed by atoms with Gasteiger partial charge >= 0.3 is 6.18 Å². The largest absolute Gasteiger partial charge is 0.416 e. The first-order chi connectivity index (χ1) is 9.86. The minimum absolute atomic E-state index is 0.147. The van der Waals surface area contributed by atoms with Crippen LogP contribution < -0.4 is 10.7 Å². The molecule has 2 N–H and O–H groups in total. The van der Waals surface area contributed by atoms with Crippen molar-refractivity contribution in [2.75, 3.05) is 11.9 Å². The number of halogens is 3. The molecule has 1 amide bonds. The smallest absolute Gasteiger partial charge is 0.376 e. The van der Waals surface area contributed by atoms with Crippen LogP contribution in [0.5, 0.6) is 0 Å². The number of rotatable bonds is 6. The zero-order valence-corrected chi connectivity index (χ0v) is 11.9. The fraction of sp³-hybridized carbons (Fsp3) is 0.429. The second-order valence-corrected chi connectivity index (χ2v) is 4.35. The molecule has 7 heteroatoms. The van der Waals surface area contributed by atoms with Crippen LogP contribution in [0.3, 0.4) is 0 Å². The lowest BCUT2D eigenvalue weighted by molar-refractivity contribution is -0.137. The molecule has 116 valence electrons. The van der Waals surface area contributed by atoms with Crippen LogP contribution in [0.15, 0.2) is 29.4 Å². The highest BCUT2D eigenvalue weighted by Gasteiger charge is 2.30. The Labute approximate surface area is 121 Å². The van der Waals surface area contributed by atoms with E-state index in [1.807, 2.05) is 13.8 Å². The molecule has 0 heterocycles. The molecule has 0 aliphatic carbocycles. The Morgan fingerprint density at radius 1 is 1.24 bits per heavy atom. The van der Waals surface area contributed by atoms with Crippen LogP contribution in [0.1, 0.15) is 32.3 Å². The molecule has 0 aliphatic rings. The van der Waals surface area contributed by atoms with Crippen molar-refractivity contribution >= 4 is 17.3 Å². The molecule has 21 heavy (non-hydrogen) atoms. The van der Waals surface area contributed by atoms with Crippen molar-refractivity contribution in [3.8, 4) is 0 Å². The van der Waals surface area contributed by atoms with E-state index in [2.05, 4.69) is 15.8 Å². The molecule has 0 fully saturated rings. The number of hydrogen-bond donors (Lipinski definition) is 2. The lowest BCUT2D eigenvalue weighted by atomic mass is 10.2. The van der Waals surface area contributed by atoms with E-state index in [1.165, 1.54) is 12.1 Å². The highest BCUT2D eigenvalue weighted by molar-refractivity contribution is 5.87. The van der Waals surface area contributed by atoms with Gasteiger partial charge in [-0.3, -0.25) is 4.79 Å². The minimum atomic E-state index is -4.40. The zero-order chi connectivity index (χ0) is 15.9. The maximum Gasteiger partial charge on any atom is 0.416 e. The summed E-state index contributed by atoms with van der Waals surface area (Å²) in [7, 11) is 0. The van der Waals surface area contributed by atoms with Crippen LogP contribution in [-0.2, 0) is 11.0 Å². The van der Waals surface area contributed by atoms with Crippen LogP contribution in [-0.4, -0.2) is 18.2 Å². The molecule has 0 saturated heterocycles. The number of hydrazone groups is 1. The lowest BCUT2D eigenvalue weighted by Gasteiger charge is -2.10. The predicted molar refractivity (Wildman–Crippen MR) is 76.1 cm³/mol. The van der Waals surface area contributed by atoms with Crippen molar-refractivity contribution in [2.24, 2.45) is 5.10 Å². The van der Waals surface area contributed by atoms with E-state index in [9.17, 15) is 18.0 Å². The van der Waals surface area contributed by atoms with Crippen molar-refractivity contribution in [1.82, 2.24) is 5.43 Å². The molecule has 0 aliphatic heterocycles. The number of hydrogen-bond acceptors (Lipinski definition) is 3. The standard InChI is InChI=1S/C14H18F3N3O/c1-3-11(4-2)19-20-13(21)9-18-12-7-5-6-10(8-12)14(15,16)17/h5-8,18H,3-4,9H2,1-2H3,(H,20,21). The predicted octanol–water partition coefficient (Wildman–Crippen LogP) is 3.41. The fourth-order valence-corrected chi connectivity index (χ4v) is 1.58. The summed E-state index contributed by atoms with van der Waals surface area (Å²) in [6, 6.07) is 4.69. The first kappa shape index (κ1) is 17.0. The molecule has 0 aromatic heterocycles. The maximum absolute atomic E-state index is 12.5. The van der Waals surface area contributed by atoms with Gasteiger partial charge in [-0.15, -0.1) is 0 Å². The van der Waals surface area contributed by atoms with Gasteiger partial charge in [0, 0.05) is 11.4 Å². The van der Waals surface area contributed by atoms with Crippen LogP contribution in [0, 0.1) is 0 Å². The number of alkyl halides is 3. The van der Waals surface area contributed by atoms with E-state index < -0.39 is 17.6 Å². The van der Waals surface area contributed by atoms with Crippen LogP contribution in [0.25, 0.3) is 0 Å². The van der Waals surface area contributed by atoms with Crippen LogP contribution >= 0.6 is 0 Å². The molecular weight excluding hydrogens is 283 g/mol. The summed E-state index contributed by atoms with van der Waals surface area (Å²) in [4.78, 5) is 11.5. The molecule has 1 aromatic rings. The number of anilines is 1. The molecular formula is C14H18F3N3O. The number of amides is 1. The average Bonchev–Trinajstić information content (AvgIpc) is 2.45. The van der Waals surface area contributed by atoms with E-state index in [1.54, 1.807) is 0 Å². The molecule has 1 rings (SSSR count). The van der Waals surface area contributed by atoms with E-state index >= 15 is 0 Å². The molecule has 0 saturated carbocycles. The summed E-state index contributed by atoms with van der Waals surface area (Å²) in [5, 5.41) is 6.56. The Balaban J connectivity index is 2.56. The Hall–Kier alpha value is -2.05. The molecule has 0 atom stereocenters. The highest BCUT2D eigenvalue weighted by Crippen LogP contribution is 2.30. The maximum atomic E-state index is 12.5. The molecule has 1 aromatic carbocycles. The lowest BCUT2D eigenvalue weighted by Crippen LogP contribution is -2.26. The van der Waals surface area contributed by atoms with E-state index in [0.29, 0.717) is 0 Å². The Morgan fingerprint density at radius 3 is 2.48 bits per heavy atom. The van der Waals surface area contributed by atoms with Crippen molar-refractivity contribution in [2.45, 2.75) is 32.9 Å². The number of carbonyl (C=O) groups is 1. The minimum Gasteiger partial charge on any atom is -0.376 e. The van der Waals surface area contributed by atoms with E-state index in [0.717, 1.165) is 30.7 Å².